The fraction of sp³-hybridized carbons (Fsp3) is 0.867. The Balaban J connectivity index is 2.08. The quantitative estimate of drug-likeness (QED) is 0.600. The molecule has 0 aromatic carbocycles. The second-order valence-electron chi connectivity index (χ2n) is 5.66. The summed E-state index contributed by atoms with van der Waals surface area (Å²) in [5.74, 6) is -0.135. The van der Waals surface area contributed by atoms with Crippen LogP contribution < -0.4 is 10.6 Å². The molecule has 2 atom stereocenters. The Morgan fingerprint density at radius 3 is 2.60 bits per heavy atom. The summed E-state index contributed by atoms with van der Waals surface area (Å²) in [6, 6.07) is 0.245. The Morgan fingerprint density at radius 2 is 1.90 bits per heavy atom. The molecule has 1 aliphatic carbocycles. The highest BCUT2D eigenvalue weighted by Gasteiger charge is 2.24. The minimum Gasteiger partial charge on any atom is -0.481 e. The Morgan fingerprint density at radius 1 is 1.15 bits per heavy atom. The molecule has 0 radical (unpaired) electrons. The van der Waals surface area contributed by atoms with Crippen LogP contribution in [-0.4, -0.2) is 29.7 Å². The summed E-state index contributed by atoms with van der Waals surface area (Å²) >= 11 is 0. The number of carbonyl (C=O) groups excluding carboxylic acids is 1. The van der Waals surface area contributed by atoms with Crippen molar-refractivity contribution in [2.24, 2.45) is 5.92 Å². The lowest BCUT2D eigenvalue weighted by molar-refractivity contribution is -0.137. The van der Waals surface area contributed by atoms with Crippen molar-refractivity contribution >= 4 is 12.0 Å². The van der Waals surface area contributed by atoms with Gasteiger partial charge in [-0.25, -0.2) is 4.79 Å². The summed E-state index contributed by atoms with van der Waals surface area (Å²) < 4.78 is 0. The zero-order valence-corrected chi connectivity index (χ0v) is 12.5. The summed E-state index contributed by atoms with van der Waals surface area (Å²) in [6.45, 7) is 2.81. The van der Waals surface area contributed by atoms with Gasteiger partial charge < -0.3 is 15.7 Å². The fourth-order valence-electron chi connectivity index (χ4n) is 2.89. The molecule has 1 aliphatic rings. The van der Waals surface area contributed by atoms with E-state index in [1.807, 2.05) is 0 Å². The molecule has 5 nitrogen and oxygen atoms in total. The minimum atomic E-state index is -0.751. The first-order valence-electron chi connectivity index (χ1n) is 7.89. The maximum Gasteiger partial charge on any atom is 0.315 e. The first kappa shape index (κ1) is 16.8. The molecule has 2 unspecified atom stereocenters. The number of carboxylic acid groups (broad SMARTS) is 1. The van der Waals surface area contributed by atoms with Gasteiger partial charge in [0, 0.05) is 19.0 Å². The molecule has 0 aromatic heterocycles. The van der Waals surface area contributed by atoms with Crippen molar-refractivity contribution in [3.63, 3.8) is 0 Å². The van der Waals surface area contributed by atoms with E-state index in [4.69, 9.17) is 5.11 Å². The van der Waals surface area contributed by atoms with Crippen LogP contribution in [0.3, 0.4) is 0 Å². The van der Waals surface area contributed by atoms with Crippen LogP contribution in [0.25, 0.3) is 0 Å². The number of carboxylic acids is 1. The molecule has 0 spiro atoms. The normalized spacial score (nSPS) is 22.2. The summed E-state index contributed by atoms with van der Waals surface area (Å²) in [4.78, 5) is 22.1. The van der Waals surface area contributed by atoms with E-state index in [0.717, 1.165) is 25.7 Å². The molecule has 20 heavy (non-hydrogen) atoms. The van der Waals surface area contributed by atoms with E-state index in [1.165, 1.54) is 19.3 Å². The van der Waals surface area contributed by atoms with Gasteiger partial charge in [0.25, 0.3) is 0 Å². The van der Waals surface area contributed by atoms with Crippen molar-refractivity contribution in [2.75, 3.05) is 6.54 Å². The number of carbonyl (C=O) groups is 2. The highest BCUT2D eigenvalue weighted by atomic mass is 16.4. The number of hydrogen-bond acceptors (Lipinski definition) is 2. The van der Waals surface area contributed by atoms with Crippen molar-refractivity contribution in [3.8, 4) is 0 Å². The van der Waals surface area contributed by atoms with E-state index in [1.54, 1.807) is 0 Å². The zero-order chi connectivity index (χ0) is 14.8. The third kappa shape index (κ3) is 6.78. The predicted molar refractivity (Wildman–Crippen MR) is 78.7 cm³/mol. The molecule has 116 valence electrons. The smallest absolute Gasteiger partial charge is 0.315 e. The average Bonchev–Trinajstić information content (AvgIpc) is 2.43. The van der Waals surface area contributed by atoms with Crippen LogP contribution in [0, 0.1) is 5.92 Å². The third-order valence-corrected chi connectivity index (χ3v) is 4.10. The topological polar surface area (TPSA) is 78.4 Å². The van der Waals surface area contributed by atoms with Crippen molar-refractivity contribution in [2.45, 2.75) is 70.8 Å². The molecule has 1 rings (SSSR count). The Labute approximate surface area is 121 Å². The molecule has 3 N–H and O–H groups in total. The van der Waals surface area contributed by atoms with Crippen LogP contribution in [0.1, 0.15) is 64.7 Å². The van der Waals surface area contributed by atoms with Gasteiger partial charge in [0.15, 0.2) is 0 Å². The number of amides is 2. The molecule has 2 amide bonds. The number of hydrogen-bond donors (Lipinski definition) is 3. The lowest BCUT2D eigenvalue weighted by Gasteiger charge is -2.31. The molecular formula is C15H28N2O3. The number of urea groups is 1. The minimum absolute atomic E-state index is 0.0754. The van der Waals surface area contributed by atoms with Gasteiger partial charge in [0.1, 0.15) is 0 Å². The maximum atomic E-state index is 11.8. The zero-order valence-electron chi connectivity index (χ0n) is 12.5. The lowest BCUT2D eigenvalue weighted by Crippen LogP contribution is -2.46. The maximum absolute atomic E-state index is 11.8. The van der Waals surface area contributed by atoms with E-state index in [0.29, 0.717) is 24.9 Å². The third-order valence-electron chi connectivity index (χ3n) is 4.10. The Hall–Kier alpha value is -1.26. The van der Waals surface area contributed by atoms with Crippen molar-refractivity contribution < 1.29 is 14.7 Å². The van der Waals surface area contributed by atoms with E-state index in [-0.39, 0.29) is 12.5 Å². The fourth-order valence-corrected chi connectivity index (χ4v) is 2.89. The van der Waals surface area contributed by atoms with E-state index >= 15 is 0 Å². The predicted octanol–water partition coefficient (Wildman–Crippen LogP) is 2.90. The van der Waals surface area contributed by atoms with Crippen LogP contribution in [0.2, 0.25) is 0 Å². The van der Waals surface area contributed by atoms with Crippen LogP contribution >= 0.6 is 0 Å². The van der Waals surface area contributed by atoms with Gasteiger partial charge in [-0.05, 0) is 31.6 Å². The van der Waals surface area contributed by atoms with Gasteiger partial charge in [-0.3, -0.25) is 4.79 Å². The van der Waals surface area contributed by atoms with Crippen molar-refractivity contribution in [1.29, 1.82) is 0 Å². The molecule has 0 saturated heterocycles. The summed E-state index contributed by atoms with van der Waals surface area (Å²) in [5, 5.41) is 14.5. The second-order valence-corrected chi connectivity index (χ2v) is 5.66. The first-order valence-corrected chi connectivity index (χ1v) is 7.89. The van der Waals surface area contributed by atoms with Crippen LogP contribution in [0.15, 0.2) is 0 Å². The van der Waals surface area contributed by atoms with Crippen molar-refractivity contribution in [1.82, 2.24) is 10.6 Å². The summed E-state index contributed by atoms with van der Waals surface area (Å²) in [7, 11) is 0. The average molecular weight is 284 g/mol. The second kappa shape index (κ2) is 9.61. The van der Waals surface area contributed by atoms with Gasteiger partial charge in [-0.1, -0.05) is 32.6 Å². The number of unbranched alkanes of at least 4 members (excludes halogenated alkanes) is 2. The Bertz CT molecular complexity index is 307. The number of aliphatic carboxylic acids is 1. The summed E-state index contributed by atoms with van der Waals surface area (Å²) in [5.41, 5.74) is 0. The standard InChI is InChI=1S/C15H28N2O3/c1-2-12-8-5-6-9-13(12)17-15(20)16-11-7-3-4-10-14(18)19/h12-13H,2-11H2,1H3,(H,18,19)(H2,16,17,20). The van der Waals surface area contributed by atoms with Gasteiger partial charge in [0.2, 0.25) is 0 Å². The molecule has 0 bridgehead atoms. The van der Waals surface area contributed by atoms with Crippen LogP contribution in [0.5, 0.6) is 0 Å². The largest absolute Gasteiger partial charge is 0.481 e. The van der Waals surface area contributed by atoms with Gasteiger partial charge in [-0.15, -0.1) is 0 Å². The van der Waals surface area contributed by atoms with E-state index in [2.05, 4.69) is 17.6 Å². The van der Waals surface area contributed by atoms with Crippen molar-refractivity contribution in [3.05, 3.63) is 0 Å². The molecular weight excluding hydrogens is 256 g/mol. The molecule has 5 heteroatoms. The molecule has 1 saturated carbocycles. The number of rotatable bonds is 8. The number of nitrogens with one attached hydrogen (secondary N) is 2. The van der Waals surface area contributed by atoms with Gasteiger partial charge >= 0.3 is 12.0 Å². The van der Waals surface area contributed by atoms with E-state index < -0.39 is 5.97 Å². The highest BCUT2D eigenvalue weighted by molar-refractivity contribution is 5.74. The van der Waals surface area contributed by atoms with E-state index in [9.17, 15) is 9.59 Å². The molecule has 0 aliphatic heterocycles. The monoisotopic (exact) mass is 284 g/mol. The lowest BCUT2D eigenvalue weighted by atomic mass is 9.83. The van der Waals surface area contributed by atoms with Gasteiger partial charge in [0.05, 0.1) is 0 Å². The highest BCUT2D eigenvalue weighted by Crippen LogP contribution is 2.26. The SMILES string of the molecule is CCC1CCCCC1NC(=O)NCCCCCC(=O)O. The van der Waals surface area contributed by atoms with Gasteiger partial charge in [-0.2, -0.15) is 0 Å². The first-order chi connectivity index (χ1) is 9.63. The molecule has 1 fully saturated rings. The summed E-state index contributed by atoms with van der Waals surface area (Å²) in [6.07, 6.45) is 8.49. The van der Waals surface area contributed by atoms with Crippen LogP contribution in [0.4, 0.5) is 4.79 Å². The molecule has 0 aromatic rings. The Kier molecular flexibility index (Phi) is 8.07. The van der Waals surface area contributed by atoms with Crippen LogP contribution in [-0.2, 0) is 4.79 Å². The molecule has 0 heterocycles.